The Morgan fingerprint density at radius 1 is 1.37 bits per heavy atom. The second-order valence-corrected chi connectivity index (χ2v) is 5.26. The summed E-state index contributed by atoms with van der Waals surface area (Å²) in [6.07, 6.45) is 0. The maximum Gasteiger partial charge on any atom is 0.289 e. The fourth-order valence-corrected chi connectivity index (χ4v) is 2.48. The first-order valence-corrected chi connectivity index (χ1v) is 6.81. The Bertz CT molecular complexity index is 541. The van der Waals surface area contributed by atoms with Gasteiger partial charge in [-0.05, 0) is 31.0 Å². The van der Waals surface area contributed by atoms with Gasteiger partial charge in [-0.15, -0.1) is 0 Å². The van der Waals surface area contributed by atoms with Crippen molar-refractivity contribution in [2.24, 2.45) is 0 Å². The summed E-state index contributed by atoms with van der Waals surface area (Å²) in [4.78, 5) is 35.6. The molecule has 3 amide bonds. The van der Waals surface area contributed by atoms with Gasteiger partial charge in [-0.1, -0.05) is 23.9 Å². The van der Waals surface area contributed by atoms with Crippen LogP contribution in [0.25, 0.3) is 0 Å². The van der Waals surface area contributed by atoms with Gasteiger partial charge >= 0.3 is 0 Å². The highest BCUT2D eigenvalue weighted by molar-refractivity contribution is 8.14. The van der Waals surface area contributed by atoms with Gasteiger partial charge in [0.2, 0.25) is 11.8 Å². The number of imide groups is 1. The maximum absolute atomic E-state index is 11.9. The minimum atomic E-state index is -0.363. The van der Waals surface area contributed by atoms with Crippen molar-refractivity contribution in [1.29, 1.82) is 0 Å². The van der Waals surface area contributed by atoms with E-state index in [1.807, 2.05) is 26.0 Å². The molecule has 0 radical (unpaired) electrons. The second-order valence-electron chi connectivity index (χ2n) is 4.33. The van der Waals surface area contributed by atoms with Crippen LogP contribution in [0.2, 0.25) is 0 Å². The number of hydrogen-bond donors (Lipinski definition) is 1. The molecule has 0 aliphatic carbocycles. The number of hydrogen-bond acceptors (Lipinski definition) is 4. The van der Waals surface area contributed by atoms with Crippen LogP contribution in [0.1, 0.15) is 11.1 Å². The number of thioether (sulfide) groups is 1. The van der Waals surface area contributed by atoms with E-state index in [9.17, 15) is 14.4 Å². The number of carbonyl (C=O) groups excluding carboxylic acids is 3. The van der Waals surface area contributed by atoms with Crippen LogP contribution in [-0.4, -0.2) is 34.3 Å². The molecule has 1 heterocycles. The van der Waals surface area contributed by atoms with Gasteiger partial charge in [0.05, 0.1) is 5.75 Å². The first-order valence-electron chi connectivity index (χ1n) is 5.82. The van der Waals surface area contributed by atoms with Gasteiger partial charge in [0, 0.05) is 5.69 Å². The smallest absolute Gasteiger partial charge is 0.289 e. The van der Waals surface area contributed by atoms with Gasteiger partial charge in [0.1, 0.15) is 6.54 Å². The topological polar surface area (TPSA) is 66.5 Å². The molecule has 1 saturated heterocycles. The van der Waals surface area contributed by atoms with E-state index in [1.165, 1.54) is 0 Å². The molecule has 0 unspecified atom stereocenters. The number of aryl methyl sites for hydroxylation is 1. The zero-order chi connectivity index (χ0) is 14.0. The highest BCUT2D eigenvalue weighted by Gasteiger charge is 2.31. The number of benzene rings is 1. The molecule has 1 aliphatic rings. The first-order chi connectivity index (χ1) is 8.99. The average Bonchev–Trinajstić information content (AvgIpc) is 2.67. The molecule has 5 nitrogen and oxygen atoms in total. The van der Waals surface area contributed by atoms with Crippen LogP contribution in [0.4, 0.5) is 10.5 Å². The predicted octanol–water partition coefficient (Wildman–Crippen LogP) is 1.94. The van der Waals surface area contributed by atoms with Crippen LogP contribution in [0.3, 0.4) is 0 Å². The lowest BCUT2D eigenvalue weighted by Crippen LogP contribution is -2.36. The van der Waals surface area contributed by atoms with Crippen molar-refractivity contribution in [1.82, 2.24) is 4.90 Å². The van der Waals surface area contributed by atoms with Gasteiger partial charge < -0.3 is 5.32 Å². The van der Waals surface area contributed by atoms with Crippen LogP contribution >= 0.6 is 11.8 Å². The molecule has 1 aromatic rings. The molecule has 1 fully saturated rings. The molecule has 0 aromatic heterocycles. The number of nitrogens with zero attached hydrogens (tertiary/aromatic N) is 1. The Morgan fingerprint density at radius 3 is 2.74 bits per heavy atom. The van der Waals surface area contributed by atoms with Gasteiger partial charge in [-0.3, -0.25) is 19.3 Å². The third-order valence-corrected chi connectivity index (χ3v) is 3.88. The van der Waals surface area contributed by atoms with E-state index in [0.29, 0.717) is 5.69 Å². The average molecular weight is 278 g/mol. The van der Waals surface area contributed by atoms with Crippen LogP contribution in [0, 0.1) is 13.8 Å². The molecule has 0 spiro atoms. The summed E-state index contributed by atoms with van der Waals surface area (Å²) in [7, 11) is 0. The molecule has 2 rings (SSSR count). The van der Waals surface area contributed by atoms with Gasteiger partial charge in [0.25, 0.3) is 5.24 Å². The Morgan fingerprint density at radius 2 is 2.11 bits per heavy atom. The van der Waals surface area contributed by atoms with Gasteiger partial charge in [-0.25, -0.2) is 0 Å². The molecule has 1 aromatic carbocycles. The summed E-state index contributed by atoms with van der Waals surface area (Å²) < 4.78 is 0. The molecule has 1 N–H and O–H groups in total. The van der Waals surface area contributed by atoms with E-state index < -0.39 is 0 Å². The Kier molecular flexibility index (Phi) is 3.90. The summed E-state index contributed by atoms with van der Waals surface area (Å²) in [5.74, 6) is -0.556. The summed E-state index contributed by atoms with van der Waals surface area (Å²) >= 11 is 0.925. The van der Waals surface area contributed by atoms with Crippen molar-refractivity contribution in [3.8, 4) is 0 Å². The quantitative estimate of drug-likeness (QED) is 0.917. The standard InChI is InChI=1S/C13H14N2O3S/c1-8-4-3-5-10(9(8)2)14-11(16)6-15-12(17)7-19-13(15)18/h3-5H,6-7H2,1-2H3,(H,14,16). The lowest BCUT2D eigenvalue weighted by atomic mass is 10.1. The van der Waals surface area contributed by atoms with E-state index in [1.54, 1.807) is 6.07 Å². The number of nitrogens with one attached hydrogen (secondary N) is 1. The zero-order valence-corrected chi connectivity index (χ0v) is 11.5. The molecule has 6 heteroatoms. The van der Waals surface area contributed by atoms with E-state index in [4.69, 9.17) is 0 Å². The second kappa shape index (κ2) is 5.44. The fraction of sp³-hybridized carbons (Fsp3) is 0.308. The lowest BCUT2D eigenvalue weighted by Gasteiger charge is -2.14. The molecule has 1 aliphatic heterocycles. The van der Waals surface area contributed by atoms with Crippen LogP contribution in [0.5, 0.6) is 0 Å². The maximum atomic E-state index is 11.9. The molecule has 0 atom stereocenters. The van der Waals surface area contributed by atoms with Crippen molar-refractivity contribution in [2.45, 2.75) is 13.8 Å². The molecule has 19 heavy (non-hydrogen) atoms. The van der Waals surface area contributed by atoms with Crippen molar-refractivity contribution < 1.29 is 14.4 Å². The molecular weight excluding hydrogens is 264 g/mol. The Balaban J connectivity index is 2.04. The van der Waals surface area contributed by atoms with Crippen molar-refractivity contribution in [3.63, 3.8) is 0 Å². The van der Waals surface area contributed by atoms with Gasteiger partial charge in [0.15, 0.2) is 0 Å². The fourth-order valence-electron chi connectivity index (χ4n) is 1.75. The highest BCUT2D eigenvalue weighted by Crippen LogP contribution is 2.20. The van der Waals surface area contributed by atoms with Crippen molar-refractivity contribution >= 4 is 34.5 Å². The zero-order valence-electron chi connectivity index (χ0n) is 10.7. The molecule has 0 saturated carbocycles. The van der Waals surface area contributed by atoms with E-state index in [2.05, 4.69) is 5.32 Å². The summed E-state index contributed by atoms with van der Waals surface area (Å²) in [6.45, 7) is 3.64. The van der Waals surface area contributed by atoms with Crippen LogP contribution < -0.4 is 5.32 Å². The normalized spacial score (nSPS) is 14.9. The lowest BCUT2D eigenvalue weighted by molar-refractivity contribution is -0.128. The third kappa shape index (κ3) is 2.96. The minimum absolute atomic E-state index is 0.121. The summed E-state index contributed by atoms with van der Waals surface area (Å²) in [5.41, 5.74) is 2.75. The third-order valence-electron chi connectivity index (χ3n) is 3.02. The number of carbonyl (C=O) groups is 3. The number of anilines is 1. The van der Waals surface area contributed by atoms with Crippen LogP contribution in [-0.2, 0) is 9.59 Å². The van der Waals surface area contributed by atoms with E-state index in [0.717, 1.165) is 27.8 Å². The number of rotatable bonds is 3. The monoisotopic (exact) mass is 278 g/mol. The first kappa shape index (κ1) is 13.6. The van der Waals surface area contributed by atoms with E-state index >= 15 is 0 Å². The highest BCUT2D eigenvalue weighted by atomic mass is 32.2. The van der Waals surface area contributed by atoms with Crippen LogP contribution in [0.15, 0.2) is 18.2 Å². The number of amides is 3. The van der Waals surface area contributed by atoms with Gasteiger partial charge in [-0.2, -0.15) is 0 Å². The predicted molar refractivity (Wildman–Crippen MR) is 74.1 cm³/mol. The minimum Gasteiger partial charge on any atom is -0.324 e. The molecule has 0 bridgehead atoms. The molecular formula is C13H14N2O3S. The van der Waals surface area contributed by atoms with Crippen molar-refractivity contribution in [2.75, 3.05) is 17.6 Å². The van der Waals surface area contributed by atoms with E-state index in [-0.39, 0.29) is 29.4 Å². The summed E-state index contributed by atoms with van der Waals surface area (Å²) in [5, 5.41) is 2.36. The summed E-state index contributed by atoms with van der Waals surface area (Å²) in [6, 6.07) is 5.59. The molecule has 100 valence electrons. The SMILES string of the molecule is Cc1cccc(NC(=O)CN2C(=O)CSC2=O)c1C. The van der Waals surface area contributed by atoms with Crippen molar-refractivity contribution in [3.05, 3.63) is 29.3 Å². The Labute approximate surface area is 115 Å². The largest absolute Gasteiger partial charge is 0.324 e. The Hall–Kier alpha value is -1.82.